The van der Waals surface area contributed by atoms with Gasteiger partial charge < -0.3 is 31.4 Å². The second-order valence-electron chi connectivity index (χ2n) is 13.4. The largest absolute Gasteiger partial charge is 0.390 e. The maximum atomic E-state index is 12.5. The maximum absolute atomic E-state index is 12.5. The Morgan fingerprint density at radius 2 is 1.98 bits per heavy atom. The molecule has 1 aromatic carbocycles. The molecule has 1 heterocycles. The number of nitrogens with one attached hydrogen (secondary N) is 2. The van der Waals surface area contributed by atoms with Crippen molar-refractivity contribution in [3.05, 3.63) is 47.7 Å². The molecule has 0 saturated heterocycles. The molecule has 6 aliphatic carbocycles. The average Bonchev–Trinajstić information content (AvgIpc) is 3.42. The first-order chi connectivity index (χ1) is 19.2. The van der Waals surface area contributed by atoms with E-state index in [1.54, 1.807) is 7.05 Å². The summed E-state index contributed by atoms with van der Waals surface area (Å²) in [6.07, 6.45) is 7.61. The van der Waals surface area contributed by atoms with E-state index < -0.39 is 23.3 Å². The summed E-state index contributed by atoms with van der Waals surface area (Å²) in [7, 11) is 1.63. The van der Waals surface area contributed by atoms with Gasteiger partial charge in [0.2, 0.25) is 0 Å². The molecule has 7 N–H and O–H groups in total. The zero-order valence-electron chi connectivity index (χ0n) is 23.5. The minimum absolute atomic E-state index is 0.0954. The zero-order valence-corrected chi connectivity index (χ0v) is 23.5. The Hall–Kier alpha value is -2.79. The Balaban J connectivity index is 1.41. The van der Waals surface area contributed by atoms with E-state index in [1.807, 2.05) is 6.92 Å². The molecule has 4 bridgehead atoms. The van der Waals surface area contributed by atoms with Gasteiger partial charge in [-0.3, -0.25) is 4.99 Å². The molecule has 2 aromatic rings. The lowest BCUT2D eigenvalue weighted by molar-refractivity contribution is -0.126. The predicted molar refractivity (Wildman–Crippen MR) is 156 cm³/mol. The SMILES string of the molecule is CN=C(N)N[C@@H]1C#C[C@H]2CCC=C(Cc3cc4ccccc4[nH]3)[C@]23C[C@H]2CC[C@@H]3[C@H]3[C@H](C[C@H](O)[C@@]3(O)C1)[C@]2(C)O. The number of nitrogens with zero attached hydrogens (tertiary/aromatic N) is 1. The van der Waals surface area contributed by atoms with Gasteiger partial charge in [0.25, 0.3) is 0 Å². The van der Waals surface area contributed by atoms with Crippen LogP contribution in [0.25, 0.3) is 10.9 Å². The Morgan fingerprint density at radius 1 is 1.15 bits per heavy atom. The van der Waals surface area contributed by atoms with E-state index >= 15 is 0 Å². The van der Waals surface area contributed by atoms with Crippen LogP contribution in [0.1, 0.15) is 57.6 Å². The van der Waals surface area contributed by atoms with Crippen molar-refractivity contribution in [1.29, 1.82) is 0 Å². The van der Waals surface area contributed by atoms with Crippen LogP contribution >= 0.6 is 0 Å². The van der Waals surface area contributed by atoms with E-state index in [1.165, 1.54) is 16.7 Å². The van der Waals surface area contributed by atoms with Crippen molar-refractivity contribution in [3.63, 3.8) is 0 Å². The number of rotatable bonds is 3. The lowest BCUT2D eigenvalue weighted by Gasteiger charge is -2.55. The number of para-hydroxylation sites is 1. The number of benzene rings is 1. The highest BCUT2D eigenvalue weighted by molar-refractivity contribution is 5.80. The van der Waals surface area contributed by atoms with E-state index in [2.05, 4.69) is 63.5 Å². The van der Waals surface area contributed by atoms with Gasteiger partial charge in [0.1, 0.15) is 0 Å². The topological polar surface area (TPSA) is 127 Å². The number of hydrogen-bond acceptors (Lipinski definition) is 4. The molecule has 10 atom stereocenters. The molecule has 1 spiro atoms. The third kappa shape index (κ3) is 3.65. The standard InChI is InChI=1S/C33H42N4O3/c1-31(39)22-11-13-25-29-26(31)16-28(38)33(29,40)18-23(37-30(34)35-2)12-10-20-7-5-8-21(32(20,25)17-22)15-24-14-19-6-3-4-9-27(19)36-24/h3-4,6,8-9,14,20,22-23,25-26,28-29,36,38-40H,5,7,11,13,15-18H2,1-2H3,(H3,34,35,37)/t20-,22-,23-,25-,26+,28+,29+,31-,32+,33+/m1/s1. The molecule has 0 aliphatic heterocycles. The molecule has 0 unspecified atom stereocenters. The van der Waals surface area contributed by atoms with E-state index in [0.717, 1.165) is 44.0 Å². The van der Waals surface area contributed by atoms with Crippen molar-refractivity contribution in [1.82, 2.24) is 10.3 Å². The summed E-state index contributed by atoms with van der Waals surface area (Å²) in [6.45, 7) is 1.98. The van der Waals surface area contributed by atoms with Gasteiger partial charge in [-0.25, -0.2) is 0 Å². The number of aromatic nitrogens is 1. The van der Waals surface area contributed by atoms with Crippen LogP contribution in [0, 0.1) is 46.8 Å². The van der Waals surface area contributed by atoms with Crippen LogP contribution in [0.15, 0.2) is 47.0 Å². The Kier molecular flexibility index (Phi) is 5.95. The Labute approximate surface area is 236 Å². The molecule has 7 nitrogen and oxygen atoms in total. The number of H-pyrrole nitrogens is 1. The average molecular weight is 543 g/mol. The van der Waals surface area contributed by atoms with E-state index in [4.69, 9.17) is 5.73 Å². The van der Waals surface area contributed by atoms with Gasteiger partial charge in [0, 0.05) is 42.4 Å². The molecule has 6 aliphatic rings. The van der Waals surface area contributed by atoms with Gasteiger partial charge in [-0.2, -0.15) is 0 Å². The molecule has 212 valence electrons. The van der Waals surface area contributed by atoms with Gasteiger partial charge in [-0.05, 0) is 86.6 Å². The second kappa shape index (κ2) is 9.11. The molecule has 0 amide bonds. The Bertz CT molecular complexity index is 1420. The minimum Gasteiger partial charge on any atom is -0.390 e. The number of aliphatic imine (C=N–C) groups is 1. The van der Waals surface area contributed by atoms with Crippen molar-refractivity contribution < 1.29 is 15.3 Å². The molecule has 7 heteroatoms. The first-order valence-electron chi connectivity index (χ1n) is 15.1. The van der Waals surface area contributed by atoms with Gasteiger partial charge >= 0.3 is 0 Å². The summed E-state index contributed by atoms with van der Waals surface area (Å²) in [6, 6.07) is 10.2. The third-order valence-electron chi connectivity index (χ3n) is 11.7. The number of hydrogen-bond donors (Lipinski definition) is 6. The number of fused-ring (bicyclic) bond motifs is 2. The highest BCUT2D eigenvalue weighted by atomic mass is 16.3. The number of aromatic amines is 1. The van der Waals surface area contributed by atoms with Crippen LogP contribution in [0.5, 0.6) is 0 Å². The molecule has 0 radical (unpaired) electrons. The van der Waals surface area contributed by atoms with Crippen LogP contribution in [-0.4, -0.2) is 56.7 Å². The van der Waals surface area contributed by atoms with E-state index in [9.17, 15) is 15.3 Å². The fourth-order valence-corrected chi connectivity index (χ4v) is 9.91. The third-order valence-corrected chi connectivity index (χ3v) is 11.7. The van der Waals surface area contributed by atoms with Crippen LogP contribution in [-0.2, 0) is 6.42 Å². The summed E-state index contributed by atoms with van der Waals surface area (Å²) < 4.78 is 0. The van der Waals surface area contributed by atoms with Crippen LogP contribution in [0.4, 0.5) is 0 Å². The van der Waals surface area contributed by atoms with Crippen LogP contribution in [0.3, 0.4) is 0 Å². The normalized spacial score (nSPS) is 44.0. The van der Waals surface area contributed by atoms with Crippen molar-refractivity contribution in [2.24, 2.45) is 45.7 Å². The van der Waals surface area contributed by atoms with Gasteiger partial charge in [0.15, 0.2) is 5.96 Å². The summed E-state index contributed by atoms with van der Waals surface area (Å²) in [4.78, 5) is 7.73. The number of aliphatic hydroxyl groups is 3. The maximum Gasteiger partial charge on any atom is 0.189 e. The summed E-state index contributed by atoms with van der Waals surface area (Å²) in [5.74, 6) is 7.35. The lowest BCUT2D eigenvalue weighted by atomic mass is 9.49. The second-order valence-corrected chi connectivity index (χ2v) is 13.4. The monoisotopic (exact) mass is 542 g/mol. The molecule has 4 saturated carbocycles. The van der Waals surface area contributed by atoms with Gasteiger partial charge in [-0.1, -0.05) is 41.7 Å². The molecule has 40 heavy (non-hydrogen) atoms. The molecule has 1 aromatic heterocycles. The van der Waals surface area contributed by atoms with Crippen molar-refractivity contribution in [2.45, 2.75) is 81.6 Å². The number of guanidine groups is 1. The fraction of sp³-hybridized carbons (Fsp3) is 0.606. The molecular formula is C33H42N4O3. The molecule has 8 rings (SSSR count). The lowest BCUT2D eigenvalue weighted by Crippen LogP contribution is -2.56. The first-order valence-corrected chi connectivity index (χ1v) is 15.1. The minimum atomic E-state index is -1.38. The van der Waals surface area contributed by atoms with Crippen molar-refractivity contribution in [2.75, 3.05) is 7.05 Å². The summed E-state index contributed by atoms with van der Waals surface area (Å²) >= 11 is 0. The van der Waals surface area contributed by atoms with Crippen molar-refractivity contribution >= 4 is 16.9 Å². The van der Waals surface area contributed by atoms with Crippen LogP contribution in [0.2, 0.25) is 0 Å². The number of allylic oxidation sites excluding steroid dienone is 2. The number of aliphatic hydroxyl groups excluding tert-OH is 1. The fourth-order valence-electron chi connectivity index (χ4n) is 9.91. The molecular weight excluding hydrogens is 500 g/mol. The molecule has 4 fully saturated rings. The van der Waals surface area contributed by atoms with Crippen molar-refractivity contribution in [3.8, 4) is 11.8 Å². The quantitative estimate of drug-likeness (QED) is 0.154. The van der Waals surface area contributed by atoms with Gasteiger partial charge in [-0.15, -0.1) is 0 Å². The van der Waals surface area contributed by atoms with Gasteiger partial charge in [0.05, 0.1) is 23.3 Å². The Morgan fingerprint density at radius 3 is 2.77 bits per heavy atom. The first kappa shape index (κ1) is 26.1. The highest BCUT2D eigenvalue weighted by Gasteiger charge is 2.70. The van der Waals surface area contributed by atoms with E-state index in [0.29, 0.717) is 6.42 Å². The van der Waals surface area contributed by atoms with E-state index in [-0.39, 0.29) is 47.4 Å². The summed E-state index contributed by atoms with van der Waals surface area (Å²) in [5.41, 5.74) is 7.18. The predicted octanol–water partition coefficient (Wildman–Crippen LogP) is 3.25. The number of nitrogens with two attached hydrogens (primary N) is 1. The zero-order chi connectivity index (χ0) is 27.9. The smallest absolute Gasteiger partial charge is 0.189 e. The summed E-state index contributed by atoms with van der Waals surface area (Å²) in [5, 5.41) is 40.7. The van der Waals surface area contributed by atoms with Crippen LogP contribution < -0.4 is 11.1 Å². The highest BCUT2D eigenvalue weighted by Crippen LogP contribution is 2.70.